The van der Waals surface area contributed by atoms with Crippen molar-refractivity contribution >= 4 is 16.9 Å². The van der Waals surface area contributed by atoms with Crippen LogP contribution in [-0.2, 0) is 6.54 Å². The van der Waals surface area contributed by atoms with E-state index in [1.165, 1.54) is 0 Å². The summed E-state index contributed by atoms with van der Waals surface area (Å²) in [5, 5.41) is 11.0. The molecule has 5 heteroatoms. The number of rotatable bonds is 4. The molecular weight excluding hydrogens is 326 g/mol. The third-order valence-electron chi connectivity index (χ3n) is 4.43. The molecule has 4 aromatic rings. The lowest BCUT2D eigenvalue weighted by molar-refractivity contribution is 0.0998. The summed E-state index contributed by atoms with van der Waals surface area (Å²) in [6, 6.07) is 19.1. The summed E-state index contributed by atoms with van der Waals surface area (Å²) >= 11 is 0. The fourth-order valence-electron chi connectivity index (χ4n) is 3.17. The van der Waals surface area contributed by atoms with Gasteiger partial charge < -0.3 is 15.4 Å². The summed E-state index contributed by atoms with van der Waals surface area (Å²) in [6.45, 7) is 0.529. The van der Waals surface area contributed by atoms with Crippen LogP contribution >= 0.6 is 0 Å². The second-order valence-electron chi connectivity index (χ2n) is 6.12. The molecule has 0 aliphatic rings. The van der Waals surface area contributed by atoms with Gasteiger partial charge in [-0.05, 0) is 41.0 Å². The van der Waals surface area contributed by atoms with Gasteiger partial charge >= 0.3 is 0 Å². The fourth-order valence-corrected chi connectivity index (χ4v) is 3.17. The molecule has 0 saturated carbocycles. The molecular formula is C21H17N3O2. The van der Waals surface area contributed by atoms with Crippen LogP contribution in [0.1, 0.15) is 15.9 Å². The molecule has 26 heavy (non-hydrogen) atoms. The summed E-state index contributed by atoms with van der Waals surface area (Å²) in [7, 11) is 0. The van der Waals surface area contributed by atoms with Crippen LogP contribution in [0.5, 0.6) is 5.75 Å². The van der Waals surface area contributed by atoms with E-state index in [0.29, 0.717) is 6.54 Å². The molecule has 4 rings (SSSR count). The smallest absolute Gasteiger partial charge is 0.252 e. The number of carbonyl (C=O) groups is 1. The number of primary amides is 1. The normalized spacial score (nSPS) is 10.9. The first-order chi connectivity index (χ1) is 12.6. The number of nitrogens with two attached hydrogens (primary N) is 1. The lowest BCUT2D eigenvalue weighted by Crippen LogP contribution is -2.11. The van der Waals surface area contributed by atoms with E-state index in [4.69, 9.17) is 5.73 Å². The molecule has 0 radical (unpaired) electrons. The van der Waals surface area contributed by atoms with Crippen molar-refractivity contribution in [2.24, 2.45) is 5.73 Å². The highest BCUT2D eigenvalue weighted by molar-refractivity contribution is 5.95. The minimum absolute atomic E-state index is 0.107. The first-order valence-corrected chi connectivity index (χ1v) is 8.24. The second-order valence-corrected chi connectivity index (χ2v) is 6.12. The number of pyridine rings is 1. The van der Waals surface area contributed by atoms with E-state index in [1.807, 2.05) is 41.1 Å². The molecule has 0 spiro atoms. The third-order valence-corrected chi connectivity index (χ3v) is 4.43. The predicted octanol–water partition coefficient (Wildman–Crippen LogP) is 3.56. The van der Waals surface area contributed by atoms with Crippen LogP contribution in [0.2, 0.25) is 0 Å². The van der Waals surface area contributed by atoms with Crippen molar-refractivity contribution in [3.05, 3.63) is 84.2 Å². The van der Waals surface area contributed by atoms with Gasteiger partial charge in [0.05, 0.1) is 5.56 Å². The number of aromatic nitrogens is 2. The topological polar surface area (TPSA) is 81.1 Å². The molecule has 0 aliphatic heterocycles. The highest BCUT2D eigenvalue weighted by Crippen LogP contribution is 2.28. The monoisotopic (exact) mass is 343 g/mol. The number of carbonyl (C=O) groups excluding carboxylic acids is 1. The maximum absolute atomic E-state index is 11.2. The van der Waals surface area contributed by atoms with E-state index in [1.54, 1.807) is 24.4 Å². The Morgan fingerprint density at radius 3 is 2.62 bits per heavy atom. The Hall–Kier alpha value is -3.60. The first kappa shape index (κ1) is 15.9. The van der Waals surface area contributed by atoms with Gasteiger partial charge in [-0.2, -0.15) is 0 Å². The number of hydrogen-bond donors (Lipinski definition) is 2. The molecule has 2 aromatic carbocycles. The Morgan fingerprint density at radius 2 is 1.88 bits per heavy atom. The largest absolute Gasteiger partial charge is 0.507 e. The van der Waals surface area contributed by atoms with E-state index in [-0.39, 0.29) is 11.3 Å². The van der Waals surface area contributed by atoms with Gasteiger partial charge in [-0.15, -0.1) is 0 Å². The second kappa shape index (κ2) is 6.37. The van der Waals surface area contributed by atoms with E-state index < -0.39 is 5.91 Å². The molecule has 3 N–H and O–H groups in total. The van der Waals surface area contributed by atoms with Gasteiger partial charge in [-0.1, -0.05) is 36.4 Å². The quantitative estimate of drug-likeness (QED) is 0.594. The summed E-state index contributed by atoms with van der Waals surface area (Å²) < 4.78 is 2.01. The van der Waals surface area contributed by atoms with Gasteiger partial charge in [0.1, 0.15) is 11.4 Å². The van der Waals surface area contributed by atoms with Crippen LogP contribution in [0.15, 0.2) is 73.1 Å². The number of hydrogen-bond acceptors (Lipinski definition) is 3. The van der Waals surface area contributed by atoms with E-state index in [0.717, 1.165) is 27.7 Å². The zero-order chi connectivity index (χ0) is 18.1. The number of phenols is 1. The molecule has 128 valence electrons. The van der Waals surface area contributed by atoms with E-state index in [9.17, 15) is 9.90 Å². The van der Waals surface area contributed by atoms with Crippen molar-refractivity contribution in [1.82, 2.24) is 9.55 Å². The van der Waals surface area contributed by atoms with Crippen molar-refractivity contribution in [3.63, 3.8) is 0 Å². The minimum atomic E-state index is -0.644. The Kier molecular flexibility index (Phi) is 3.89. The van der Waals surface area contributed by atoms with Crippen molar-refractivity contribution in [2.75, 3.05) is 0 Å². The Labute approximate surface area is 150 Å². The van der Waals surface area contributed by atoms with Crippen LogP contribution in [0.4, 0.5) is 0 Å². The van der Waals surface area contributed by atoms with Crippen LogP contribution < -0.4 is 5.73 Å². The summed E-state index contributed by atoms with van der Waals surface area (Å²) in [5.41, 5.74) is 9.34. The van der Waals surface area contributed by atoms with Crippen molar-refractivity contribution in [2.45, 2.75) is 6.54 Å². The van der Waals surface area contributed by atoms with Gasteiger partial charge in [0.15, 0.2) is 0 Å². The SMILES string of the molecule is NC(=O)c1ccc(Cn2ccc3c(-c4ccccc4)ccnc32)cc1O. The molecule has 0 fully saturated rings. The standard InChI is InChI=1S/C21H17N3O2/c22-20(26)18-7-6-14(12-19(18)25)13-24-11-9-17-16(8-10-23-21(17)24)15-4-2-1-3-5-15/h1-12,25H,13H2,(H2,22,26). The van der Waals surface area contributed by atoms with Gasteiger partial charge in [0, 0.05) is 24.3 Å². The number of aromatic hydroxyl groups is 1. The zero-order valence-corrected chi connectivity index (χ0v) is 14.0. The predicted molar refractivity (Wildman–Crippen MR) is 101 cm³/mol. The van der Waals surface area contributed by atoms with Crippen molar-refractivity contribution in [1.29, 1.82) is 0 Å². The van der Waals surface area contributed by atoms with E-state index >= 15 is 0 Å². The highest BCUT2D eigenvalue weighted by Gasteiger charge is 2.11. The molecule has 0 atom stereocenters. The molecule has 0 bridgehead atoms. The minimum Gasteiger partial charge on any atom is -0.507 e. The van der Waals surface area contributed by atoms with Gasteiger partial charge in [-0.25, -0.2) is 4.98 Å². The van der Waals surface area contributed by atoms with Gasteiger partial charge in [-0.3, -0.25) is 4.79 Å². The summed E-state index contributed by atoms with van der Waals surface area (Å²) in [5.74, 6) is -0.751. The number of nitrogens with zero attached hydrogens (tertiary/aromatic N) is 2. The highest BCUT2D eigenvalue weighted by atomic mass is 16.3. The molecule has 0 aliphatic carbocycles. The van der Waals surface area contributed by atoms with Gasteiger partial charge in [0.25, 0.3) is 5.91 Å². The average molecular weight is 343 g/mol. The Morgan fingerprint density at radius 1 is 1.08 bits per heavy atom. The number of benzene rings is 2. The number of fused-ring (bicyclic) bond motifs is 1. The summed E-state index contributed by atoms with van der Waals surface area (Å²) in [6.07, 6.45) is 3.78. The molecule has 0 unspecified atom stereocenters. The number of amides is 1. The Balaban J connectivity index is 1.73. The van der Waals surface area contributed by atoms with Crippen molar-refractivity contribution < 1.29 is 9.90 Å². The zero-order valence-electron chi connectivity index (χ0n) is 14.0. The lowest BCUT2D eigenvalue weighted by Gasteiger charge is -2.08. The molecule has 5 nitrogen and oxygen atoms in total. The van der Waals surface area contributed by atoms with Gasteiger partial charge in [0.2, 0.25) is 0 Å². The molecule has 0 saturated heterocycles. The Bertz CT molecular complexity index is 1100. The molecule has 2 heterocycles. The van der Waals surface area contributed by atoms with Crippen LogP contribution in [-0.4, -0.2) is 20.6 Å². The maximum Gasteiger partial charge on any atom is 0.252 e. The van der Waals surface area contributed by atoms with Crippen molar-refractivity contribution in [3.8, 4) is 16.9 Å². The molecule has 1 amide bonds. The first-order valence-electron chi connectivity index (χ1n) is 8.24. The van der Waals surface area contributed by atoms with E-state index in [2.05, 4.69) is 17.1 Å². The summed E-state index contributed by atoms with van der Waals surface area (Å²) in [4.78, 5) is 15.8. The third kappa shape index (κ3) is 2.80. The fraction of sp³-hybridized carbons (Fsp3) is 0.0476. The molecule has 2 aromatic heterocycles. The lowest BCUT2D eigenvalue weighted by atomic mass is 10.0. The maximum atomic E-state index is 11.2. The van der Waals surface area contributed by atoms with Crippen LogP contribution in [0, 0.1) is 0 Å². The average Bonchev–Trinajstić information content (AvgIpc) is 3.05. The van der Waals surface area contributed by atoms with Crippen LogP contribution in [0.25, 0.3) is 22.2 Å². The van der Waals surface area contributed by atoms with Crippen LogP contribution in [0.3, 0.4) is 0 Å².